The molecule has 0 aliphatic rings. The highest BCUT2D eigenvalue weighted by Gasteiger charge is 2.16. The van der Waals surface area contributed by atoms with E-state index >= 15 is 0 Å². The molecule has 1 aromatic carbocycles. The van der Waals surface area contributed by atoms with E-state index in [1.165, 1.54) is 6.20 Å². The molecule has 6 heteroatoms. The summed E-state index contributed by atoms with van der Waals surface area (Å²) in [5.41, 5.74) is 4.02. The zero-order chi connectivity index (χ0) is 14.5. The van der Waals surface area contributed by atoms with Gasteiger partial charge in [-0.1, -0.05) is 0 Å². The van der Waals surface area contributed by atoms with Crippen molar-refractivity contribution in [1.82, 2.24) is 4.98 Å². The third-order valence-electron chi connectivity index (χ3n) is 2.81. The molecule has 0 fully saturated rings. The van der Waals surface area contributed by atoms with Gasteiger partial charge >= 0.3 is 0 Å². The van der Waals surface area contributed by atoms with Crippen LogP contribution in [0.15, 0.2) is 18.3 Å². The monoisotopic (exact) mass is 272 g/mol. The number of nitriles is 1. The second kappa shape index (κ2) is 6.08. The Balaban J connectivity index is 2.81. The molecular formula is C14H16N4O2. The summed E-state index contributed by atoms with van der Waals surface area (Å²) >= 11 is 0. The van der Waals surface area contributed by atoms with Gasteiger partial charge in [-0.15, -0.1) is 0 Å². The third-order valence-corrected chi connectivity index (χ3v) is 2.81. The lowest BCUT2D eigenvalue weighted by molar-refractivity contribution is 0.336. The van der Waals surface area contributed by atoms with Gasteiger partial charge in [0.1, 0.15) is 23.1 Å². The quantitative estimate of drug-likeness (QED) is 0.640. The van der Waals surface area contributed by atoms with Crippen LogP contribution in [0.3, 0.4) is 0 Å². The highest BCUT2D eigenvalue weighted by atomic mass is 16.5. The molecule has 0 unspecified atom stereocenters. The van der Waals surface area contributed by atoms with Gasteiger partial charge in [0.2, 0.25) is 0 Å². The molecule has 20 heavy (non-hydrogen) atoms. The van der Waals surface area contributed by atoms with Gasteiger partial charge in [0.15, 0.2) is 0 Å². The molecule has 1 heterocycles. The van der Waals surface area contributed by atoms with Crippen LogP contribution in [0.2, 0.25) is 0 Å². The van der Waals surface area contributed by atoms with Gasteiger partial charge < -0.3 is 14.9 Å². The third kappa shape index (κ3) is 2.31. The smallest absolute Gasteiger partial charge is 0.145 e. The number of hydrogen-bond acceptors (Lipinski definition) is 6. The van der Waals surface area contributed by atoms with Crippen molar-refractivity contribution in [3.05, 3.63) is 23.9 Å². The van der Waals surface area contributed by atoms with Crippen molar-refractivity contribution in [2.24, 2.45) is 5.84 Å². The molecule has 0 aliphatic carbocycles. The highest BCUT2D eigenvalue weighted by molar-refractivity contribution is 6.01. The van der Waals surface area contributed by atoms with Crippen molar-refractivity contribution in [1.29, 1.82) is 5.26 Å². The molecule has 3 N–H and O–H groups in total. The molecule has 0 radical (unpaired) electrons. The minimum absolute atomic E-state index is 0.356. The topological polar surface area (TPSA) is 93.2 Å². The first kappa shape index (κ1) is 13.9. The number of anilines is 1. The number of fused-ring (bicyclic) bond motifs is 1. The van der Waals surface area contributed by atoms with E-state index in [0.717, 1.165) is 0 Å². The summed E-state index contributed by atoms with van der Waals surface area (Å²) in [5.74, 6) is 6.80. The molecule has 0 bridgehead atoms. The molecule has 0 aliphatic heterocycles. The maximum atomic E-state index is 9.14. The fourth-order valence-electron chi connectivity index (χ4n) is 2.03. The Bertz CT molecular complexity index is 664. The Kier molecular flexibility index (Phi) is 4.23. The van der Waals surface area contributed by atoms with Crippen LogP contribution < -0.4 is 20.7 Å². The van der Waals surface area contributed by atoms with E-state index in [1.54, 1.807) is 12.1 Å². The number of pyridine rings is 1. The van der Waals surface area contributed by atoms with Gasteiger partial charge in [-0.2, -0.15) is 5.26 Å². The number of nitrogen functional groups attached to an aromatic ring is 1. The van der Waals surface area contributed by atoms with Gasteiger partial charge in [0, 0.05) is 6.20 Å². The van der Waals surface area contributed by atoms with E-state index in [1.807, 2.05) is 13.8 Å². The molecule has 0 spiro atoms. The Morgan fingerprint density at radius 2 is 1.90 bits per heavy atom. The van der Waals surface area contributed by atoms with Gasteiger partial charge in [0.25, 0.3) is 0 Å². The van der Waals surface area contributed by atoms with Crippen molar-refractivity contribution in [3.8, 4) is 17.6 Å². The van der Waals surface area contributed by atoms with E-state index in [4.69, 9.17) is 20.6 Å². The van der Waals surface area contributed by atoms with E-state index < -0.39 is 0 Å². The Hall–Kier alpha value is -2.52. The van der Waals surface area contributed by atoms with E-state index in [-0.39, 0.29) is 0 Å². The van der Waals surface area contributed by atoms with Crippen molar-refractivity contribution in [3.63, 3.8) is 0 Å². The van der Waals surface area contributed by atoms with Gasteiger partial charge in [-0.05, 0) is 26.0 Å². The van der Waals surface area contributed by atoms with Crippen molar-refractivity contribution < 1.29 is 9.47 Å². The lowest BCUT2D eigenvalue weighted by Crippen LogP contribution is -2.10. The van der Waals surface area contributed by atoms with Gasteiger partial charge in [-0.3, -0.25) is 10.8 Å². The standard InChI is InChI=1S/C14H16N4O2/c1-3-19-10-5-6-11(20-4-2)14-12(10)13(18-16)9(7-15)8-17-14/h5-6,8H,3-4,16H2,1-2H3,(H,17,18). The maximum absolute atomic E-state index is 9.14. The highest BCUT2D eigenvalue weighted by Crippen LogP contribution is 2.38. The summed E-state index contributed by atoms with van der Waals surface area (Å²) in [6, 6.07) is 5.65. The molecule has 1 aromatic heterocycles. The number of nitrogens with one attached hydrogen (secondary N) is 1. The summed E-state index contributed by atoms with van der Waals surface area (Å²) in [6.45, 7) is 4.81. The second-order valence-corrected chi connectivity index (χ2v) is 3.95. The number of hydrogen-bond donors (Lipinski definition) is 2. The summed E-state index contributed by atoms with van der Waals surface area (Å²) in [5, 5.41) is 9.80. The molecule has 2 rings (SSSR count). The van der Waals surface area contributed by atoms with E-state index in [9.17, 15) is 0 Å². The van der Waals surface area contributed by atoms with Crippen LogP contribution in [-0.4, -0.2) is 18.2 Å². The fourth-order valence-corrected chi connectivity index (χ4v) is 2.03. The fraction of sp³-hybridized carbons (Fsp3) is 0.286. The maximum Gasteiger partial charge on any atom is 0.145 e. The van der Waals surface area contributed by atoms with Gasteiger partial charge in [0.05, 0.1) is 29.9 Å². The molecule has 0 saturated carbocycles. The Morgan fingerprint density at radius 3 is 2.50 bits per heavy atom. The molecule has 6 nitrogen and oxygen atoms in total. The van der Waals surface area contributed by atoms with E-state index in [2.05, 4.69) is 16.5 Å². The first-order chi connectivity index (χ1) is 9.76. The largest absolute Gasteiger partial charge is 0.493 e. The van der Waals surface area contributed by atoms with Crippen molar-refractivity contribution in [2.45, 2.75) is 13.8 Å². The second-order valence-electron chi connectivity index (χ2n) is 3.95. The summed E-state index contributed by atoms with van der Waals surface area (Å²) in [7, 11) is 0. The van der Waals surface area contributed by atoms with Crippen LogP contribution in [-0.2, 0) is 0 Å². The lowest BCUT2D eigenvalue weighted by atomic mass is 10.1. The Labute approximate surface area is 117 Å². The number of ether oxygens (including phenoxy) is 2. The number of benzene rings is 1. The normalized spacial score (nSPS) is 10.1. The number of hydrazine groups is 1. The van der Waals surface area contributed by atoms with E-state index in [0.29, 0.717) is 46.9 Å². The zero-order valence-corrected chi connectivity index (χ0v) is 11.4. The van der Waals surface area contributed by atoms with Crippen LogP contribution in [0.4, 0.5) is 5.69 Å². The number of aromatic nitrogens is 1. The molecule has 0 saturated heterocycles. The minimum Gasteiger partial charge on any atom is -0.493 e. The number of nitrogens with two attached hydrogens (primary N) is 1. The summed E-state index contributed by atoms with van der Waals surface area (Å²) in [6.07, 6.45) is 1.47. The van der Waals surface area contributed by atoms with Crippen LogP contribution >= 0.6 is 0 Å². The molecule has 0 amide bonds. The zero-order valence-electron chi connectivity index (χ0n) is 11.4. The van der Waals surface area contributed by atoms with Crippen molar-refractivity contribution in [2.75, 3.05) is 18.6 Å². The first-order valence-corrected chi connectivity index (χ1v) is 6.34. The minimum atomic E-state index is 0.356. The molecule has 2 aromatic rings. The predicted molar refractivity (Wildman–Crippen MR) is 76.6 cm³/mol. The predicted octanol–water partition coefficient (Wildman–Crippen LogP) is 2.19. The Morgan fingerprint density at radius 1 is 1.25 bits per heavy atom. The van der Waals surface area contributed by atoms with Crippen LogP contribution in [0.5, 0.6) is 11.5 Å². The number of rotatable bonds is 5. The lowest BCUT2D eigenvalue weighted by Gasteiger charge is -2.15. The molecule has 104 valence electrons. The van der Waals surface area contributed by atoms with Crippen LogP contribution in [0, 0.1) is 11.3 Å². The number of nitrogens with zero attached hydrogens (tertiary/aromatic N) is 2. The van der Waals surface area contributed by atoms with Crippen molar-refractivity contribution >= 4 is 16.6 Å². The summed E-state index contributed by atoms with van der Waals surface area (Å²) in [4.78, 5) is 4.30. The summed E-state index contributed by atoms with van der Waals surface area (Å²) < 4.78 is 11.1. The van der Waals surface area contributed by atoms with Crippen LogP contribution in [0.25, 0.3) is 10.9 Å². The average molecular weight is 272 g/mol. The first-order valence-electron chi connectivity index (χ1n) is 6.34. The molecular weight excluding hydrogens is 256 g/mol. The van der Waals surface area contributed by atoms with Gasteiger partial charge in [-0.25, -0.2) is 0 Å². The SMILES string of the molecule is CCOc1ccc(OCC)c2c(NN)c(C#N)cnc12. The average Bonchev–Trinajstić information content (AvgIpc) is 2.48. The van der Waals surface area contributed by atoms with Crippen LogP contribution in [0.1, 0.15) is 19.4 Å². The molecule has 0 atom stereocenters.